The molecule has 15 heavy (non-hydrogen) atoms. The summed E-state index contributed by atoms with van der Waals surface area (Å²) < 4.78 is 2.78. The molecule has 0 spiro atoms. The zero-order chi connectivity index (χ0) is 11.6. The molecular weight excluding hydrogens is 200 g/mol. The normalized spacial score (nSPS) is 29.1. The average molecular weight is 226 g/mol. The van der Waals surface area contributed by atoms with Gasteiger partial charge < -0.3 is 4.57 Å². The Hall–Kier alpha value is -0.153. The van der Waals surface area contributed by atoms with E-state index in [1.54, 1.807) is 0 Å². The predicted molar refractivity (Wildman–Crippen MR) is 71.3 cm³/mol. The maximum atomic E-state index is 4.74. The smallest absolute Gasteiger partial charge is 0.120 e. The molecule has 0 saturated carbocycles. The van der Waals surface area contributed by atoms with Gasteiger partial charge in [0.25, 0.3) is 0 Å². The van der Waals surface area contributed by atoms with E-state index in [9.17, 15) is 0 Å². The number of nitrogens with zero attached hydrogens (tertiary/aromatic N) is 2. The minimum absolute atomic E-state index is 0.616. The third-order valence-electron chi connectivity index (χ3n) is 3.28. The minimum atomic E-state index is -1.21. The Morgan fingerprint density at radius 2 is 1.93 bits per heavy atom. The molecule has 2 nitrogen and oxygen atoms in total. The first-order valence-corrected chi connectivity index (χ1v) is 9.68. The van der Waals surface area contributed by atoms with Gasteiger partial charge in [0.1, 0.15) is 8.24 Å². The van der Waals surface area contributed by atoms with Crippen LogP contribution < -0.4 is 0 Å². The van der Waals surface area contributed by atoms with Gasteiger partial charge in [0.2, 0.25) is 0 Å². The van der Waals surface area contributed by atoms with E-state index < -0.39 is 8.24 Å². The topological polar surface area (TPSA) is 15.6 Å². The van der Waals surface area contributed by atoms with Gasteiger partial charge >= 0.3 is 0 Å². The van der Waals surface area contributed by atoms with Crippen LogP contribution in [0.1, 0.15) is 33.6 Å². The van der Waals surface area contributed by atoms with Crippen LogP contribution in [0.25, 0.3) is 0 Å². The van der Waals surface area contributed by atoms with Gasteiger partial charge in [0, 0.05) is 17.8 Å². The molecule has 1 heterocycles. The second-order valence-electron chi connectivity index (χ2n) is 5.54. The van der Waals surface area contributed by atoms with Crippen molar-refractivity contribution < 1.29 is 0 Å². The van der Waals surface area contributed by atoms with Crippen LogP contribution in [0.15, 0.2) is 4.99 Å². The van der Waals surface area contributed by atoms with Crippen molar-refractivity contribution in [3.63, 3.8) is 0 Å². The van der Waals surface area contributed by atoms with Crippen LogP contribution in [0.2, 0.25) is 19.6 Å². The van der Waals surface area contributed by atoms with Gasteiger partial charge in [-0.2, -0.15) is 0 Å². The lowest BCUT2D eigenvalue weighted by atomic mass is 10.0. The quantitative estimate of drug-likeness (QED) is 0.675. The van der Waals surface area contributed by atoms with Crippen LogP contribution in [0.5, 0.6) is 0 Å². The Morgan fingerprint density at radius 3 is 2.33 bits per heavy atom. The van der Waals surface area contributed by atoms with Crippen molar-refractivity contribution in [1.82, 2.24) is 4.57 Å². The molecule has 0 N–H and O–H groups in total. The van der Waals surface area contributed by atoms with Gasteiger partial charge in [0.15, 0.2) is 0 Å². The summed E-state index contributed by atoms with van der Waals surface area (Å²) in [6, 6.07) is 1.25. The van der Waals surface area contributed by atoms with Crippen molar-refractivity contribution in [2.24, 2.45) is 4.99 Å². The summed E-state index contributed by atoms with van der Waals surface area (Å²) in [5, 5.41) is 0. The van der Waals surface area contributed by atoms with E-state index in [0.29, 0.717) is 12.1 Å². The van der Waals surface area contributed by atoms with Crippen molar-refractivity contribution >= 4 is 13.9 Å². The number of aliphatic imine (C=N–C) groups is 1. The monoisotopic (exact) mass is 226 g/mol. The molecule has 0 aromatic rings. The highest BCUT2D eigenvalue weighted by atomic mass is 28.3. The van der Waals surface area contributed by atoms with Gasteiger partial charge in [-0.25, -0.2) is 0 Å². The van der Waals surface area contributed by atoms with E-state index in [2.05, 4.69) is 45.0 Å². The van der Waals surface area contributed by atoms with Crippen LogP contribution in [0.4, 0.5) is 0 Å². The summed E-state index contributed by atoms with van der Waals surface area (Å²) in [7, 11) is -1.21. The highest BCUT2D eigenvalue weighted by Crippen LogP contribution is 2.25. The minimum Gasteiger partial charge on any atom is -0.312 e. The van der Waals surface area contributed by atoms with Gasteiger partial charge in [-0.05, 0) is 19.8 Å². The van der Waals surface area contributed by atoms with Crippen molar-refractivity contribution in [3.8, 4) is 0 Å². The van der Waals surface area contributed by atoms with Crippen molar-refractivity contribution in [1.29, 1.82) is 0 Å². The highest BCUT2D eigenvalue weighted by molar-refractivity contribution is 6.73. The third kappa shape index (κ3) is 2.70. The number of hydrogen-bond acceptors (Lipinski definition) is 2. The molecule has 0 fully saturated rings. The van der Waals surface area contributed by atoms with Crippen LogP contribution in [-0.2, 0) is 0 Å². The van der Waals surface area contributed by atoms with Crippen molar-refractivity contribution in [3.05, 3.63) is 0 Å². The molecule has 1 aliphatic heterocycles. The maximum Gasteiger partial charge on any atom is 0.120 e. The van der Waals surface area contributed by atoms with Crippen molar-refractivity contribution in [2.45, 2.75) is 65.3 Å². The second kappa shape index (κ2) is 4.79. The molecular formula is C12H26N2Si. The Labute approximate surface area is 95.9 Å². The molecule has 3 heteroatoms. The largest absolute Gasteiger partial charge is 0.312 e. The van der Waals surface area contributed by atoms with Crippen LogP contribution in [0.3, 0.4) is 0 Å². The zero-order valence-electron chi connectivity index (χ0n) is 11.2. The van der Waals surface area contributed by atoms with E-state index in [1.165, 1.54) is 12.1 Å². The Morgan fingerprint density at radius 1 is 1.33 bits per heavy atom. The van der Waals surface area contributed by atoms with Crippen LogP contribution in [-0.4, -0.2) is 37.1 Å². The van der Waals surface area contributed by atoms with E-state index in [-0.39, 0.29) is 0 Å². The fraction of sp³-hybridized carbons (Fsp3) is 0.917. The SMILES string of the molecule is CCC1=NCC(C)N([Si](C)(C)C)C1CC. The lowest BCUT2D eigenvalue weighted by molar-refractivity contribution is 0.283. The van der Waals surface area contributed by atoms with E-state index >= 15 is 0 Å². The fourth-order valence-electron chi connectivity index (χ4n) is 2.82. The average Bonchev–Trinajstić information content (AvgIpc) is 2.15. The van der Waals surface area contributed by atoms with E-state index in [1.807, 2.05) is 0 Å². The first-order chi connectivity index (χ1) is 6.91. The molecule has 2 atom stereocenters. The molecule has 0 bridgehead atoms. The second-order valence-corrected chi connectivity index (χ2v) is 10.4. The lowest BCUT2D eigenvalue weighted by Crippen LogP contribution is -2.61. The first kappa shape index (κ1) is 12.9. The standard InChI is InChI=1S/C12H26N2Si/c1-7-11-12(8-2)14(15(4,5)6)10(3)9-13-11/h10,12H,7-9H2,1-6H3. The van der Waals surface area contributed by atoms with Gasteiger partial charge in [-0.15, -0.1) is 0 Å². The van der Waals surface area contributed by atoms with Crippen molar-refractivity contribution in [2.75, 3.05) is 6.54 Å². The predicted octanol–water partition coefficient (Wildman–Crippen LogP) is 3.16. The summed E-state index contributed by atoms with van der Waals surface area (Å²) in [5.74, 6) is 0. The molecule has 0 aromatic carbocycles. The summed E-state index contributed by atoms with van der Waals surface area (Å²) in [6.45, 7) is 15.2. The fourth-order valence-corrected chi connectivity index (χ4v) is 5.49. The Bertz CT molecular complexity index is 242. The summed E-state index contributed by atoms with van der Waals surface area (Å²) in [5.41, 5.74) is 1.43. The van der Waals surface area contributed by atoms with Crippen LogP contribution >= 0.6 is 0 Å². The molecule has 0 amide bonds. The molecule has 1 rings (SSSR count). The number of hydrogen-bond donors (Lipinski definition) is 0. The third-order valence-corrected chi connectivity index (χ3v) is 5.58. The van der Waals surface area contributed by atoms with E-state index in [0.717, 1.165) is 13.0 Å². The van der Waals surface area contributed by atoms with Gasteiger partial charge in [-0.3, -0.25) is 4.99 Å². The molecule has 88 valence electrons. The first-order valence-electron chi connectivity index (χ1n) is 6.23. The summed E-state index contributed by atoms with van der Waals surface area (Å²) >= 11 is 0. The Balaban J connectivity index is 2.98. The molecule has 2 unspecified atom stereocenters. The highest BCUT2D eigenvalue weighted by Gasteiger charge is 2.37. The molecule has 0 saturated heterocycles. The van der Waals surface area contributed by atoms with Gasteiger partial charge in [0.05, 0.1) is 6.54 Å². The van der Waals surface area contributed by atoms with Crippen LogP contribution in [0, 0.1) is 0 Å². The molecule has 0 radical (unpaired) electrons. The molecule has 0 aliphatic carbocycles. The van der Waals surface area contributed by atoms with Gasteiger partial charge in [-0.1, -0.05) is 33.5 Å². The zero-order valence-corrected chi connectivity index (χ0v) is 12.2. The maximum absolute atomic E-state index is 4.74. The van der Waals surface area contributed by atoms with E-state index in [4.69, 9.17) is 4.99 Å². The lowest BCUT2D eigenvalue weighted by Gasteiger charge is -2.47. The Kier molecular flexibility index (Phi) is 4.12. The number of rotatable bonds is 3. The molecule has 1 aliphatic rings. The molecule has 0 aromatic heterocycles. The summed E-state index contributed by atoms with van der Waals surface area (Å²) in [4.78, 5) is 4.74. The summed E-state index contributed by atoms with van der Waals surface area (Å²) in [6.07, 6.45) is 2.33.